The largest absolute Gasteiger partial charge is 0.360 e. The minimum absolute atomic E-state index is 0.0512. The lowest BCUT2D eigenvalue weighted by molar-refractivity contribution is 0.0915. The smallest absolute Gasteiger partial charge is 0.183 e. The first-order valence-corrected chi connectivity index (χ1v) is 6.66. The van der Waals surface area contributed by atoms with Crippen LogP contribution in [-0.2, 0) is 0 Å². The van der Waals surface area contributed by atoms with Gasteiger partial charge in [-0.1, -0.05) is 18.2 Å². The number of Topliss-reactive ketones (excluding diaryl/α,β-unsaturated/α-hetero) is 2. The molecule has 21 heavy (non-hydrogen) atoms. The predicted octanol–water partition coefficient (Wildman–Crippen LogP) is 2.80. The topological polar surface area (TPSA) is 75.7 Å². The SMILES string of the molecule is O=C(CCC(=O)c1c[nH]c2ccccc12)c1cccnn1. The number of benzene rings is 1. The molecule has 0 unspecified atom stereocenters. The molecule has 5 heteroatoms. The third-order valence-electron chi connectivity index (χ3n) is 3.33. The van der Waals surface area contributed by atoms with Crippen LogP contribution >= 0.6 is 0 Å². The summed E-state index contributed by atoms with van der Waals surface area (Å²) in [6.45, 7) is 0. The molecule has 0 bridgehead atoms. The second-order valence-electron chi connectivity index (χ2n) is 4.70. The number of ketones is 2. The summed E-state index contributed by atoms with van der Waals surface area (Å²) in [5.74, 6) is -0.221. The first-order chi connectivity index (χ1) is 10.3. The third-order valence-corrected chi connectivity index (χ3v) is 3.33. The van der Waals surface area contributed by atoms with Gasteiger partial charge in [-0.05, 0) is 18.2 Å². The minimum atomic E-state index is -0.170. The van der Waals surface area contributed by atoms with E-state index < -0.39 is 0 Å². The van der Waals surface area contributed by atoms with Crippen molar-refractivity contribution in [3.05, 3.63) is 60.0 Å². The molecule has 0 saturated heterocycles. The molecule has 0 atom stereocenters. The number of H-pyrrole nitrogens is 1. The summed E-state index contributed by atoms with van der Waals surface area (Å²) in [5, 5.41) is 8.30. The maximum atomic E-state index is 12.2. The van der Waals surface area contributed by atoms with Gasteiger partial charge in [-0.2, -0.15) is 5.10 Å². The van der Waals surface area contributed by atoms with Gasteiger partial charge >= 0.3 is 0 Å². The van der Waals surface area contributed by atoms with Crippen LogP contribution in [0, 0.1) is 0 Å². The fraction of sp³-hybridized carbons (Fsp3) is 0.125. The summed E-state index contributed by atoms with van der Waals surface area (Å²) in [4.78, 5) is 27.2. The van der Waals surface area contributed by atoms with Gasteiger partial charge in [0, 0.05) is 41.7 Å². The van der Waals surface area contributed by atoms with E-state index >= 15 is 0 Å². The number of aromatic nitrogens is 3. The van der Waals surface area contributed by atoms with E-state index in [4.69, 9.17) is 0 Å². The second-order valence-corrected chi connectivity index (χ2v) is 4.70. The highest BCUT2D eigenvalue weighted by Crippen LogP contribution is 2.19. The summed E-state index contributed by atoms with van der Waals surface area (Å²) in [7, 11) is 0. The number of aromatic amines is 1. The van der Waals surface area contributed by atoms with E-state index in [1.165, 1.54) is 6.20 Å². The Labute approximate surface area is 121 Å². The highest BCUT2D eigenvalue weighted by molar-refractivity contribution is 6.09. The fourth-order valence-electron chi connectivity index (χ4n) is 2.24. The Hall–Kier alpha value is -2.82. The number of carbonyl (C=O) groups is 2. The van der Waals surface area contributed by atoms with Gasteiger partial charge in [0.05, 0.1) is 0 Å². The summed E-state index contributed by atoms with van der Waals surface area (Å²) in [6, 6.07) is 10.9. The van der Waals surface area contributed by atoms with Crippen molar-refractivity contribution in [1.82, 2.24) is 15.2 Å². The van der Waals surface area contributed by atoms with Gasteiger partial charge in [0.25, 0.3) is 0 Å². The Morgan fingerprint density at radius 3 is 2.62 bits per heavy atom. The maximum Gasteiger partial charge on any atom is 0.183 e. The second kappa shape index (κ2) is 5.66. The van der Waals surface area contributed by atoms with Crippen LogP contribution < -0.4 is 0 Å². The Bertz CT molecular complexity index is 793. The van der Waals surface area contributed by atoms with Crippen LogP contribution in [0.3, 0.4) is 0 Å². The predicted molar refractivity (Wildman–Crippen MR) is 78.2 cm³/mol. The van der Waals surface area contributed by atoms with E-state index in [9.17, 15) is 9.59 Å². The molecule has 2 aromatic heterocycles. The number of fused-ring (bicyclic) bond motifs is 1. The molecule has 5 nitrogen and oxygen atoms in total. The molecule has 2 heterocycles. The van der Waals surface area contributed by atoms with Crippen molar-refractivity contribution in [2.24, 2.45) is 0 Å². The van der Waals surface area contributed by atoms with Gasteiger partial charge in [0.2, 0.25) is 0 Å². The van der Waals surface area contributed by atoms with Crippen molar-refractivity contribution in [3.8, 4) is 0 Å². The molecule has 1 N–H and O–H groups in total. The van der Waals surface area contributed by atoms with E-state index in [0.29, 0.717) is 11.3 Å². The lowest BCUT2D eigenvalue weighted by atomic mass is 10.0. The number of nitrogens with one attached hydrogen (secondary N) is 1. The highest BCUT2D eigenvalue weighted by Gasteiger charge is 2.15. The van der Waals surface area contributed by atoms with Crippen LogP contribution in [0.5, 0.6) is 0 Å². The van der Waals surface area contributed by atoms with Gasteiger partial charge in [0.15, 0.2) is 11.6 Å². The molecule has 0 radical (unpaired) electrons. The van der Waals surface area contributed by atoms with Crippen LogP contribution in [0.15, 0.2) is 48.8 Å². The lowest BCUT2D eigenvalue weighted by Gasteiger charge is -1.99. The number of nitrogens with zero attached hydrogens (tertiary/aromatic N) is 2. The lowest BCUT2D eigenvalue weighted by Crippen LogP contribution is -2.07. The summed E-state index contributed by atoms with van der Waals surface area (Å²) >= 11 is 0. The fourth-order valence-corrected chi connectivity index (χ4v) is 2.24. The van der Waals surface area contributed by atoms with Gasteiger partial charge in [0.1, 0.15) is 5.69 Å². The molecule has 3 aromatic rings. The normalized spacial score (nSPS) is 10.7. The van der Waals surface area contributed by atoms with E-state index in [1.807, 2.05) is 24.3 Å². The van der Waals surface area contributed by atoms with Crippen molar-refractivity contribution in [1.29, 1.82) is 0 Å². The molecule has 1 aromatic carbocycles. The maximum absolute atomic E-state index is 12.2. The van der Waals surface area contributed by atoms with E-state index in [1.54, 1.807) is 18.3 Å². The molecular weight excluding hydrogens is 266 g/mol. The molecule has 0 aliphatic heterocycles. The summed E-state index contributed by atoms with van der Waals surface area (Å²) in [6.07, 6.45) is 3.50. The van der Waals surface area contributed by atoms with Crippen molar-refractivity contribution in [2.45, 2.75) is 12.8 Å². The monoisotopic (exact) mass is 279 g/mol. The average Bonchev–Trinajstić information content (AvgIpc) is 2.97. The van der Waals surface area contributed by atoms with Gasteiger partial charge in [-0.3, -0.25) is 9.59 Å². The molecule has 0 amide bonds. The van der Waals surface area contributed by atoms with Crippen LogP contribution in [0.2, 0.25) is 0 Å². The number of para-hydroxylation sites is 1. The zero-order chi connectivity index (χ0) is 14.7. The standard InChI is InChI=1S/C16H13N3O2/c20-15(7-8-16(21)14-6-3-9-18-19-14)12-10-17-13-5-2-1-4-11(12)13/h1-6,9-10,17H,7-8H2. The minimum Gasteiger partial charge on any atom is -0.360 e. The van der Waals surface area contributed by atoms with Crippen molar-refractivity contribution in [2.75, 3.05) is 0 Å². The van der Waals surface area contributed by atoms with Crippen LogP contribution in [0.1, 0.15) is 33.7 Å². The van der Waals surface area contributed by atoms with Crippen LogP contribution in [-0.4, -0.2) is 26.7 Å². The number of carbonyl (C=O) groups excluding carboxylic acids is 2. The molecule has 0 aliphatic rings. The summed E-state index contributed by atoms with van der Waals surface area (Å²) < 4.78 is 0. The quantitative estimate of drug-likeness (QED) is 0.729. The Kier molecular flexibility index (Phi) is 3.55. The molecule has 0 saturated carbocycles. The van der Waals surface area contributed by atoms with E-state index in [2.05, 4.69) is 15.2 Å². The zero-order valence-corrected chi connectivity index (χ0v) is 11.2. The van der Waals surface area contributed by atoms with Gasteiger partial charge in [-0.25, -0.2) is 0 Å². The Morgan fingerprint density at radius 1 is 1.00 bits per heavy atom. The number of hydrogen-bond acceptors (Lipinski definition) is 4. The molecule has 0 aliphatic carbocycles. The molecular formula is C16H13N3O2. The molecule has 0 fully saturated rings. The molecule has 0 spiro atoms. The Morgan fingerprint density at radius 2 is 1.81 bits per heavy atom. The van der Waals surface area contributed by atoms with Crippen LogP contribution in [0.4, 0.5) is 0 Å². The Balaban J connectivity index is 1.71. The summed E-state index contributed by atoms with van der Waals surface area (Å²) in [5.41, 5.74) is 1.84. The molecule has 3 rings (SSSR count). The first-order valence-electron chi connectivity index (χ1n) is 6.66. The third kappa shape index (κ3) is 2.72. The van der Waals surface area contributed by atoms with Crippen molar-refractivity contribution >= 4 is 22.5 Å². The molecule has 104 valence electrons. The van der Waals surface area contributed by atoms with Gasteiger partial charge < -0.3 is 4.98 Å². The average molecular weight is 279 g/mol. The van der Waals surface area contributed by atoms with Crippen molar-refractivity contribution in [3.63, 3.8) is 0 Å². The van der Waals surface area contributed by atoms with E-state index in [-0.39, 0.29) is 24.4 Å². The first kappa shape index (κ1) is 13.2. The number of rotatable bonds is 5. The van der Waals surface area contributed by atoms with Crippen molar-refractivity contribution < 1.29 is 9.59 Å². The van der Waals surface area contributed by atoms with Gasteiger partial charge in [-0.15, -0.1) is 5.10 Å². The van der Waals surface area contributed by atoms with E-state index in [0.717, 1.165) is 10.9 Å². The zero-order valence-electron chi connectivity index (χ0n) is 11.2. The highest BCUT2D eigenvalue weighted by atomic mass is 16.1. The number of hydrogen-bond donors (Lipinski definition) is 1. The van der Waals surface area contributed by atoms with Crippen LogP contribution in [0.25, 0.3) is 10.9 Å².